The second-order valence-electron chi connectivity index (χ2n) is 5.56. The lowest BCUT2D eigenvalue weighted by Gasteiger charge is -2.23. The van der Waals surface area contributed by atoms with E-state index in [0.29, 0.717) is 0 Å². The number of rotatable bonds is 6. The predicted octanol–water partition coefficient (Wildman–Crippen LogP) is 0.648. The lowest BCUT2D eigenvalue weighted by molar-refractivity contribution is -0.125. The standard InChI is InChI=1S/C16H20N4O3S/c1-20(2)15(13-4-3-9-18-11-13)16(21)19-10-12-5-7-14(8-6-12)24(17,22)23/h3-9,11,15H,10H2,1-2H3,(H,19,21)(H2,17,22,23). The molecule has 24 heavy (non-hydrogen) atoms. The molecule has 0 spiro atoms. The van der Waals surface area contributed by atoms with Gasteiger partial charge in [-0.1, -0.05) is 18.2 Å². The molecule has 0 radical (unpaired) electrons. The molecular weight excluding hydrogens is 328 g/mol. The number of carbonyl (C=O) groups is 1. The minimum absolute atomic E-state index is 0.0408. The highest BCUT2D eigenvalue weighted by atomic mass is 32.2. The third-order valence-electron chi connectivity index (χ3n) is 3.48. The number of primary sulfonamides is 1. The molecule has 0 aliphatic rings. The summed E-state index contributed by atoms with van der Waals surface area (Å²) in [5.41, 5.74) is 1.57. The number of nitrogens with zero attached hydrogens (tertiary/aromatic N) is 2. The first kappa shape index (κ1) is 18.1. The Morgan fingerprint density at radius 3 is 2.42 bits per heavy atom. The number of aromatic nitrogens is 1. The first-order valence-corrected chi connectivity index (χ1v) is 8.79. The minimum atomic E-state index is -3.71. The largest absolute Gasteiger partial charge is 0.350 e. The quantitative estimate of drug-likeness (QED) is 0.797. The highest BCUT2D eigenvalue weighted by Crippen LogP contribution is 2.17. The van der Waals surface area contributed by atoms with E-state index >= 15 is 0 Å². The van der Waals surface area contributed by atoms with Gasteiger partial charge in [0.15, 0.2) is 0 Å². The number of benzene rings is 1. The van der Waals surface area contributed by atoms with Crippen molar-refractivity contribution in [3.63, 3.8) is 0 Å². The Labute approximate surface area is 141 Å². The van der Waals surface area contributed by atoms with Crippen LogP contribution in [-0.2, 0) is 21.4 Å². The number of sulfonamides is 1. The van der Waals surface area contributed by atoms with Gasteiger partial charge in [-0.2, -0.15) is 0 Å². The van der Waals surface area contributed by atoms with Crippen LogP contribution in [0.5, 0.6) is 0 Å². The molecule has 0 fully saturated rings. The summed E-state index contributed by atoms with van der Waals surface area (Å²) in [6, 6.07) is 9.25. The average molecular weight is 348 g/mol. The summed E-state index contributed by atoms with van der Waals surface area (Å²) in [5, 5.41) is 7.91. The van der Waals surface area contributed by atoms with Crippen molar-refractivity contribution in [2.45, 2.75) is 17.5 Å². The van der Waals surface area contributed by atoms with Gasteiger partial charge >= 0.3 is 0 Å². The number of hydrogen-bond acceptors (Lipinski definition) is 5. The van der Waals surface area contributed by atoms with E-state index in [1.54, 1.807) is 35.5 Å². The van der Waals surface area contributed by atoms with Crippen LogP contribution in [0.3, 0.4) is 0 Å². The third-order valence-corrected chi connectivity index (χ3v) is 4.41. The molecule has 3 N–H and O–H groups in total. The molecule has 1 aromatic carbocycles. The molecule has 2 rings (SSSR count). The van der Waals surface area contributed by atoms with Crippen LogP contribution >= 0.6 is 0 Å². The topological polar surface area (TPSA) is 105 Å². The molecule has 0 aliphatic heterocycles. The molecule has 1 atom stereocenters. The maximum Gasteiger partial charge on any atom is 0.242 e. The van der Waals surface area contributed by atoms with Crippen LogP contribution in [0.15, 0.2) is 53.7 Å². The SMILES string of the molecule is CN(C)C(C(=O)NCc1ccc(S(N)(=O)=O)cc1)c1cccnc1. The smallest absolute Gasteiger partial charge is 0.242 e. The minimum Gasteiger partial charge on any atom is -0.350 e. The summed E-state index contributed by atoms with van der Waals surface area (Å²) >= 11 is 0. The van der Waals surface area contributed by atoms with E-state index in [1.165, 1.54) is 12.1 Å². The van der Waals surface area contributed by atoms with E-state index in [9.17, 15) is 13.2 Å². The monoisotopic (exact) mass is 348 g/mol. The maximum atomic E-state index is 12.5. The van der Waals surface area contributed by atoms with Crippen molar-refractivity contribution < 1.29 is 13.2 Å². The average Bonchev–Trinajstić information content (AvgIpc) is 2.53. The molecule has 1 unspecified atom stereocenters. The summed E-state index contributed by atoms with van der Waals surface area (Å²) in [6.45, 7) is 0.286. The van der Waals surface area contributed by atoms with E-state index in [-0.39, 0.29) is 17.3 Å². The molecule has 2 aromatic rings. The highest BCUT2D eigenvalue weighted by Gasteiger charge is 2.22. The number of amides is 1. The number of nitrogens with two attached hydrogens (primary N) is 1. The van der Waals surface area contributed by atoms with Crippen LogP contribution in [-0.4, -0.2) is 38.3 Å². The van der Waals surface area contributed by atoms with Crippen LogP contribution < -0.4 is 10.5 Å². The fraction of sp³-hybridized carbons (Fsp3) is 0.250. The second-order valence-corrected chi connectivity index (χ2v) is 7.12. The van der Waals surface area contributed by atoms with Crippen LogP contribution in [0.4, 0.5) is 0 Å². The van der Waals surface area contributed by atoms with Crippen molar-refractivity contribution in [1.82, 2.24) is 15.2 Å². The normalized spacial score (nSPS) is 12.8. The Kier molecular flexibility index (Phi) is 5.66. The summed E-state index contributed by atoms with van der Waals surface area (Å²) in [5.74, 6) is -0.163. The molecule has 1 amide bonds. The number of pyridine rings is 1. The zero-order chi connectivity index (χ0) is 17.7. The molecule has 7 nitrogen and oxygen atoms in total. The van der Waals surface area contributed by atoms with Gasteiger partial charge in [0, 0.05) is 18.9 Å². The van der Waals surface area contributed by atoms with E-state index in [2.05, 4.69) is 10.3 Å². The number of nitrogens with one attached hydrogen (secondary N) is 1. The molecule has 0 saturated heterocycles. The zero-order valence-corrected chi connectivity index (χ0v) is 14.3. The van der Waals surface area contributed by atoms with Gasteiger partial charge in [-0.25, -0.2) is 13.6 Å². The van der Waals surface area contributed by atoms with Crippen molar-refractivity contribution in [2.75, 3.05) is 14.1 Å². The fourth-order valence-electron chi connectivity index (χ4n) is 2.30. The molecule has 128 valence electrons. The van der Waals surface area contributed by atoms with Gasteiger partial charge in [0.2, 0.25) is 15.9 Å². The lowest BCUT2D eigenvalue weighted by atomic mass is 10.1. The zero-order valence-electron chi connectivity index (χ0n) is 13.5. The van der Waals surface area contributed by atoms with Gasteiger partial charge in [-0.3, -0.25) is 14.7 Å². The molecule has 8 heteroatoms. The molecule has 1 heterocycles. The predicted molar refractivity (Wildman–Crippen MR) is 90.3 cm³/mol. The van der Waals surface area contributed by atoms with Crippen molar-refractivity contribution in [3.8, 4) is 0 Å². The lowest BCUT2D eigenvalue weighted by Crippen LogP contribution is -2.36. The maximum absolute atomic E-state index is 12.5. The van der Waals surface area contributed by atoms with Crippen molar-refractivity contribution in [2.24, 2.45) is 5.14 Å². The third kappa shape index (κ3) is 4.60. The first-order valence-electron chi connectivity index (χ1n) is 7.25. The van der Waals surface area contributed by atoms with Crippen LogP contribution in [0.1, 0.15) is 17.2 Å². The van der Waals surface area contributed by atoms with E-state index in [1.807, 2.05) is 20.2 Å². The molecule has 1 aromatic heterocycles. The Hall–Kier alpha value is -2.29. The number of hydrogen-bond donors (Lipinski definition) is 2. The van der Waals surface area contributed by atoms with Crippen molar-refractivity contribution in [3.05, 3.63) is 59.9 Å². The number of carbonyl (C=O) groups excluding carboxylic acids is 1. The molecule has 0 aliphatic carbocycles. The van der Waals surface area contributed by atoms with Gasteiger partial charge in [0.1, 0.15) is 6.04 Å². The Bertz CT molecular complexity index is 790. The Morgan fingerprint density at radius 2 is 1.92 bits per heavy atom. The number of likely N-dealkylation sites (N-methyl/N-ethyl adjacent to an activating group) is 1. The summed E-state index contributed by atoms with van der Waals surface area (Å²) in [7, 11) is -0.0773. The van der Waals surface area contributed by atoms with Gasteiger partial charge in [0.05, 0.1) is 4.90 Å². The van der Waals surface area contributed by atoms with Crippen LogP contribution in [0.2, 0.25) is 0 Å². The molecule has 0 bridgehead atoms. The molecular formula is C16H20N4O3S. The van der Waals surface area contributed by atoms with Gasteiger partial charge < -0.3 is 5.32 Å². The summed E-state index contributed by atoms with van der Waals surface area (Å²) in [6.07, 6.45) is 3.31. The first-order chi connectivity index (χ1) is 11.3. The highest BCUT2D eigenvalue weighted by molar-refractivity contribution is 7.89. The van der Waals surface area contributed by atoms with Crippen molar-refractivity contribution in [1.29, 1.82) is 0 Å². The Morgan fingerprint density at radius 1 is 1.25 bits per heavy atom. The van der Waals surface area contributed by atoms with Gasteiger partial charge in [-0.05, 0) is 43.4 Å². The Balaban J connectivity index is 2.06. The summed E-state index contributed by atoms with van der Waals surface area (Å²) < 4.78 is 22.5. The van der Waals surface area contributed by atoms with Crippen molar-refractivity contribution >= 4 is 15.9 Å². The van der Waals surface area contributed by atoms with E-state index in [0.717, 1.165) is 11.1 Å². The van der Waals surface area contributed by atoms with E-state index < -0.39 is 16.1 Å². The molecule has 0 saturated carbocycles. The van der Waals surface area contributed by atoms with E-state index in [4.69, 9.17) is 5.14 Å². The van der Waals surface area contributed by atoms with Crippen LogP contribution in [0, 0.1) is 0 Å². The second kappa shape index (κ2) is 7.52. The van der Waals surface area contributed by atoms with Crippen LogP contribution in [0.25, 0.3) is 0 Å². The van der Waals surface area contributed by atoms with Gasteiger partial charge in [0.25, 0.3) is 0 Å². The van der Waals surface area contributed by atoms with Gasteiger partial charge in [-0.15, -0.1) is 0 Å². The summed E-state index contributed by atoms with van der Waals surface area (Å²) in [4.78, 5) is 18.4. The fourth-order valence-corrected chi connectivity index (χ4v) is 2.82.